The number of nitriles is 1. The second kappa shape index (κ2) is 8.22. The molecule has 0 bridgehead atoms. The van der Waals surface area contributed by atoms with E-state index >= 15 is 0 Å². The molecule has 5 rings (SSSR count). The Morgan fingerprint density at radius 2 is 1.91 bits per heavy atom. The van der Waals surface area contributed by atoms with Crippen molar-refractivity contribution in [3.8, 4) is 17.7 Å². The number of aromatic nitrogens is 7. The van der Waals surface area contributed by atoms with Gasteiger partial charge >= 0.3 is 0 Å². The maximum absolute atomic E-state index is 12.3. The Hall–Kier alpha value is -4.91. The summed E-state index contributed by atoms with van der Waals surface area (Å²) >= 11 is 0. The molecule has 5 aromatic rings. The van der Waals surface area contributed by atoms with Gasteiger partial charge in [0.25, 0.3) is 0 Å². The van der Waals surface area contributed by atoms with E-state index in [-0.39, 0.29) is 11.5 Å². The van der Waals surface area contributed by atoms with Gasteiger partial charge in [0.2, 0.25) is 0 Å². The summed E-state index contributed by atoms with van der Waals surface area (Å²) in [5.41, 5.74) is 4.58. The van der Waals surface area contributed by atoms with Gasteiger partial charge in [-0.2, -0.15) is 10.4 Å². The zero-order valence-corrected chi connectivity index (χ0v) is 18.7. The van der Waals surface area contributed by atoms with Crippen LogP contribution in [0.5, 0.6) is 0 Å². The lowest BCUT2D eigenvalue weighted by atomic mass is 10.2. The summed E-state index contributed by atoms with van der Waals surface area (Å²) < 4.78 is 3.30. The number of ketones is 1. The highest BCUT2D eigenvalue weighted by Crippen LogP contribution is 2.23. The van der Waals surface area contributed by atoms with Crippen LogP contribution in [0.3, 0.4) is 0 Å². The molecule has 0 unspecified atom stereocenters. The van der Waals surface area contributed by atoms with Gasteiger partial charge < -0.3 is 5.32 Å². The van der Waals surface area contributed by atoms with Crippen molar-refractivity contribution in [1.29, 1.82) is 5.26 Å². The molecule has 166 valence electrons. The molecule has 0 radical (unpaired) electrons. The van der Waals surface area contributed by atoms with Gasteiger partial charge in [0.15, 0.2) is 17.3 Å². The molecule has 0 spiro atoms. The minimum Gasteiger partial charge on any atom is -0.339 e. The van der Waals surface area contributed by atoms with E-state index in [1.807, 2.05) is 31.2 Å². The Balaban J connectivity index is 1.55. The summed E-state index contributed by atoms with van der Waals surface area (Å²) in [6.07, 6.45) is 5.11. The highest BCUT2D eigenvalue weighted by atomic mass is 16.1. The third kappa shape index (κ3) is 3.75. The van der Waals surface area contributed by atoms with Crippen molar-refractivity contribution in [1.82, 2.24) is 34.3 Å². The van der Waals surface area contributed by atoms with Crippen molar-refractivity contribution in [3.63, 3.8) is 0 Å². The zero-order valence-electron chi connectivity index (χ0n) is 18.7. The second-order valence-electron chi connectivity index (χ2n) is 7.78. The maximum atomic E-state index is 12.3. The van der Waals surface area contributed by atoms with Crippen LogP contribution >= 0.6 is 0 Å². The van der Waals surface area contributed by atoms with Gasteiger partial charge in [-0.15, -0.1) is 0 Å². The molecule has 0 aliphatic rings. The van der Waals surface area contributed by atoms with Crippen molar-refractivity contribution in [2.75, 3.05) is 5.32 Å². The molecule has 0 atom stereocenters. The summed E-state index contributed by atoms with van der Waals surface area (Å²) in [5, 5.41) is 16.7. The van der Waals surface area contributed by atoms with E-state index in [9.17, 15) is 10.1 Å². The molecule has 0 amide bonds. The van der Waals surface area contributed by atoms with Crippen molar-refractivity contribution in [2.24, 2.45) is 0 Å². The van der Waals surface area contributed by atoms with E-state index in [0.717, 1.165) is 22.4 Å². The number of nitrogens with one attached hydrogen (secondary N) is 1. The number of nitrogens with zero attached hydrogens (tertiary/aromatic N) is 8. The Morgan fingerprint density at radius 1 is 1.06 bits per heavy atom. The lowest BCUT2D eigenvalue weighted by Gasteiger charge is -2.11. The normalized spacial score (nSPS) is 10.9. The van der Waals surface area contributed by atoms with Crippen molar-refractivity contribution in [3.05, 3.63) is 77.8 Å². The molecule has 10 nitrogen and oxygen atoms in total. The third-order valence-corrected chi connectivity index (χ3v) is 5.31. The van der Waals surface area contributed by atoms with E-state index in [1.54, 1.807) is 48.4 Å². The molecule has 0 aliphatic carbocycles. The highest BCUT2D eigenvalue weighted by Gasteiger charge is 2.17. The first-order valence-corrected chi connectivity index (χ1v) is 10.5. The number of hydrogen-bond acceptors (Lipinski definition) is 8. The molecule has 10 heteroatoms. The van der Waals surface area contributed by atoms with Crippen LogP contribution in [0.25, 0.3) is 22.7 Å². The standard InChI is InChI=1S/C24H19N9O/c1-14-4-5-17(11-26-14)29-22-9-20-21(12-27-22)32(13-28-20)23-7-6-19(16(3)34)24(30-23)33-15(2)8-18(10-25)31-33/h4-9,11-13H,1-3H3,(H,27,29). The number of rotatable bonds is 5. The molecule has 0 saturated carbocycles. The molecule has 5 aromatic heterocycles. The monoisotopic (exact) mass is 449 g/mol. The first-order chi connectivity index (χ1) is 16.4. The minimum atomic E-state index is -0.152. The zero-order chi connectivity index (χ0) is 23.8. The maximum Gasteiger partial charge on any atom is 0.166 e. The lowest BCUT2D eigenvalue weighted by Crippen LogP contribution is -2.11. The number of anilines is 2. The molecule has 0 fully saturated rings. The average Bonchev–Trinajstić information content (AvgIpc) is 3.43. The average molecular weight is 449 g/mol. The second-order valence-corrected chi connectivity index (χ2v) is 7.78. The van der Waals surface area contributed by atoms with Crippen LogP contribution < -0.4 is 5.32 Å². The van der Waals surface area contributed by atoms with Crippen LogP contribution in [-0.4, -0.2) is 40.1 Å². The number of carbonyl (C=O) groups is 1. The lowest BCUT2D eigenvalue weighted by molar-refractivity contribution is 0.101. The third-order valence-electron chi connectivity index (χ3n) is 5.31. The van der Waals surface area contributed by atoms with Crippen LogP contribution in [0.15, 0.2) is 55.1 Å². The Bertz CT molecular complexity index is 1590. The van der Waals surface area contributed by atoms with Crippen LogP contribution in [0.1, 0.15) is 34.4 Å². The van der Waals surface area contributed by atoms with Crippen molar-refractivity contribution in [2.45, 2.75) is 20.8 Å². The van der Waals surface area contributed by atoms with Crippen LogP contribution in [0.4, 0.5) is 11.5 Å². The van der Waals surface area contributed by atoms with E-state index < -0.39 is 0 Å². The molecular formula is C24H19N9O. The molecule has 0 aliphatic heterocycles. The smallest absolute Gasteiger partial charge is 0.166 e. The number of hydrogen-bond donors (Lipinski definition) is 1. The van der Waals surface area contributed by atoms with Gasteiger partial charge in [0, 0.05) is 17.5 Å². The Kier molecular flexibility index (Phi) is 5.07. The molecule has 0 aromatic carbocycles. The molecule has 34 heavy (non-hydrogen) atoms. The van der Waals surface area contributed by atoms with Gasteiger partial charge in [0.1, 0.15) is 24.0 Å². The number of imidazole rings is 1. The van der Waals surface area contributed by atoms with E-state index in [0.29, 0.717) is 28.7 Å². The number of pyridine rings is 3. The van der Waals surface area contributed by atoms with Crippen molar-refractivity contribution < 1.29 is 4.79 Å². The first kappa shape index (κ1) is 21.0. The van der Waals surface area contributed by atoms with Crippen molar-refractivity contribution >= 4 is 28.3 Å². The van der Waals surface area contributed by atoms with Gasteiger partial charge in [-0.25, -0.2) is 19.6 Å². The summed E-state index contributed by atoms with van der Waals surface area (Å²) in [6, 6.07) is 12.8. The molecule has 1 N–H and O–H groups in total. The number of Topliss-reactive ketones (excluding diaryl/α,β-unsaturated/α-hetero) is 1. The highest BCUT2D eigenvalue weighted by molar-refractivity contribution is 5.97. The summed E-state index contributed by atoms with van der Waals surface area (Å²) in [6.45, 7) is 5.21. The van der Waals surface area contributed by atoms with Gasteiger partial charge in [0.05, 0.1) is 34.7 Å². The number of aryl methyl sites for hydroxylation is 2. The van der Waals surface area contributed by atoms with E-state index in [4.69, 9.17) is 4.98 Å². The molecule has 5 heterocycles. The summed E-state index contributed by atoms with van der Waals surface area (Å²) in [4.78, 5) is 30.2. The molecular weight excluding hydrogens is 430 g/mol. The Morgan fingerprint density at radius 3 is 2.62 bits per heavy atom. The van der Waals surface area contributed by atoms with Gasteiger partial charge in [-0.1, -0.05) is 0 Å². The summed E-state index contributed by atoms with van der Waals surface area (Å²) in [5.74, 6) is 1.38. The van der Waals surface area contributed by atoms with Crippen LogP contribution in [0.2, 0.25) is 0 Å². The predicted molar refractivity (Wildman–Crippen MR) is 125 cm³/mol. The van der Waals surface area contributed by atoms with E-state index in [1.165, 1.54) is 11.6 Å². The Labute approximate surface area is 194 Å². The van der Waals surface area contributed by atoms with E-state index in [2.05, 4.69) is 25.4 Å². The molecule has 0 saturated heterocycles. The fourth-order valence-corrected chi connectivity index (χ4v) is 3.60. The number of carbonyl (C=O) groups excluding carboxylic acids is 1. The SMILES string of the molecule is CC(=O)c1ccc(-n2cnc3cc(Nc4ccc(C)nc4)ncc32)nc1-n1nc(C#N)cc1C. The predicted octanol–water partition coefficient (Wildman–Crippen LogP) is 3.83. The largest absolute Gasteiger partial charge is 0.339 e. The van der Waals surface area contributed by atoms with Crippen LogP contribution in [0, 0.1) is 25.2 Å². The fourth-order valence-electron chi connectivity index (χ4n) is 3.60. The van der Waals surface area contributed by atoms with Gasteiger partial charge in [-0.05, 0) is 51.1 Å². The topological polar surface area (TPSA) is 127 Å². The quantitative estimate of drug-likeness (QED) is 0.401. The number of fused-ring (bicyclic) bond motifs is 1. The van der Waals surface area contributed by atoms with Crippen LogP contribution in [-0.2, 0) is 0 Å². The van der Waals surface area contributed by atoms with Gasteiger partial charge in [-0.3, -0.25) is 14.3 Å². The summed E-state index contributed by atoms with van der Waals surface area (Å²) in [7, 11) is 0. The first-order valence-electron chi connectivity index (χ1n) is 10.5. The minimum absolute atomic E-state index is 0.152. The fraction of sp³-hybridized carbons (Fsp3) is 0.125.